The number of fused-ring (bicyclic) bond motifs is 1. The molecule has 0 aliphatic carbocycles. The Morgan fingerprint density at radius 1 is 0.974 bits per heavy atom. The van der Waals surface area contributed by atoms with Crippen LogP contribution in [0.15, 0.2) is 48.5 Å². The van der Waals surface area contributed by atoms with Crippen molar-refractivity contribution >= 4 is 40.3 Å². The maximum atomic E-state index is 12.5. The number of urea groups is 1. The summed E-state index contributed by atoms with van der Waals surface area (Å²) in [6.45, 7) is 5.32. The average molecular weight is 532 g/mol. The lowest BCUT2D eigenvalue weighted by Crippen LogP contribution is -2.37. The number of nitrogens with zero attached hydrogens (tertiary/aromatic N) is 6. The number of ether oxygens (including phenoxy) is 1. The molecule has 3 amide bonds. The van der Waals surface area contributed by atoms with E-state index in [2.05, 4.69) is 31.2 Å². The van der Waals surface area contributed by atoms with Crippen molar-refractivity contribution in [2.45, 2.75) is 13.5 Å². The smallest absolute Gasteiger partial charge is 0.323 e. The Hall–Kier alpha value is -4.62. The van der Waals surface area contributed by atoms with E-state index in [1.54, 1.807) is 41.1 Å². The number of morpholine rings is 1. The molecule has 2 aromatic carbocycles. The molecule has 13 nitrogen and oxygen atoms in total. The second-order valence-corrected chi connectivity index (χ2v) is 8.76. The van der Waals surface area contributed by atoms with Gasteiger partial charge in [-0.15, -0.1) is 5.10 Å². The van der Waals surface area contributed by atoms with Crippen LogP contribution in [0.2, 0.25) is 0 Å². The van der Waals surface area contributed by atoms with Crippen molar-refractivity contribution in [3.8, 4) is 11.4 Å². The summed E-state index contributed by atoms with van der Waals surface area (Å²) in [5.74, 6) is 0.979. The van der Waals surface area contributed by atoms with Gasteiger partial charge < -0.3 is 30.7 Å². The van der Waals surface area contributed by atoms with Crippen molar-refractivity contribution in [1.29, 1.82) is 0 Å². The predicted molar refractivity (Wildman–Crippen MR) is 146 cm³/mol. The molecule has 1 fully saturated rings. The Morgan fingerprint density at radius 2 is 1.64 bits per heavy atom. The summed E-state index contributed by atoms with van der Waals surface area (Å²) in [5.41, 5.74) is 3.67. The van der Waals surface area contributed by atoms with Gasteiger partial charge in [-0.05, 0) is 55.5 Å². The lowest BCUT2D eigenvalue weighted by atomic mass is 10.2. The molecule has 0 saturated carbocycles. The molecule has 13 heteroatoms. The molecule has 0 radical (unpaired) electrons. The van der Waals surface area contributed by atoms with E-state index in [1.165, 1.54) is 0 Å². The molecule has 4 aromatic rings. The fourth-order valence-corrected chi connectivity index (χ4v) is 4.15. The van der Waals surface area contributed by atoms with Crippen molar-refractivity contribution in [3.63, 3.8) is 0 Å². The van der Waals surface area contributed by atoms with E-state index < -0.39 is 6.03 Å². The number of carbonyl (C=O) groups excluding carboxylic acids is 2. The van der Waals surface area contributed by atoms with Crippen molar-refractivity contribution in [1.82, 2.24) is 30.3 Å². The number of carbonyl (C=O) groups is 2. The van der Waals surface area contributed by atoms with Crippen LogP contribution < -0.4 is 20.9 Å². The number of hydrogen-bond donors (Lipinski definition) is 4. The number of benzene rings is 2. The Bertz CT molecular complexity index is 1450. The minimum atomic E-state index is -0.426. The fourth-order valence-electron chi connectivity index (χ4n) is 4.15. The maximum absolute atomic E-state index is 12.5. The van der Waals surface area contributed by atoms with Crippen LogP contribution in [0.3, 0.4) is 0 Å². The molecule has 1 saturated heterocycles. The number of aromatic nitrogens is 5. The summed E-state index contributed by atoms with van der Waals surface area (Å²) in [7, 11) is 0. The highest BCUT2D eigenvalue weighted by Crippen LogP contribution is 2.27. The average Bonchev–Trinajstić information content (AvgIpc) is 3.40. The molecule has 3 heterocycles. The van der Waals surface area contributed by atoms with E-state index in [9.17, 15) is 9.59 Å². The van der Waals surface area contributed by atoms with E-state index in [-0.39, 0.29) is 19.1 Å². The van der Waals surface area contributed by atoms with E-state index in [4.69, 9.17) is 19.8 Å². The molecular weight excluding hydrogens is 502 g/mol. The van der Waals surface area contributed by atoms with Gasteiger partial charge in [-0.1, -0.05) is 5.21 Å². The number of anilines is 3. The Morgan fingerprint density at radius 3 is 2.28 bits per heavy atom. The maximum Gasteiger partial charge on any atom is 0.323 e. The molecule has 0 bridgehead atoms. The van der Waals surface area contributed by atoms with Crippen LogP contribution in [0.1, 0.15) is 17.3 Å². The zero-order valence-corrected chi connectivity index (χ0v) is 21.4. The molecule has 0 atom stereocenters. The van der Waals surface area contributed by atoms with Crippen LogP contribution in [0.5, 0.6) is 0 Å². The van der Waals surface area contributed by atoms with Gasteiger partial charge in [0.1, 0.15) is 0 Å². The normalized spacial score (nSPS) is 13.3. The van der Waals surface area contributed by atoms with Gasteiger partial charge in [0.2, 0.25) is 0 Å². The summed E-state index contributed by atoms with van der Waals surface area (Å²) in [4.78, 5) is 36.2. The van der Waals surface area contributed by atoms with Crippen molar-refractivity contribution < 1.29 is 19.4 Å². The first-order valence-electron chi connectivity index (χ1n) is 12.7. The van der Waals surface area contributed by atoms with Gasteiger partial charge in [0, 0.05) is 48.7 Å². The molecule has 0 unspecified atom stereocenters. The standard InChI is InChI=1S/C26H29N9O4/c1-2-35-24-21(32-33-35)23(34-12-15-39-16-13-34)30-22(31-24)17-3-7-19(8-4-17)28-26(38)29-20-9-5-18(6-10-20)25(37)27-11-14-36/h3-10,36H,2,11-16H2,1H3,(H,27,37)(H2,28,29,38). The highest BCUT2D eigenvalue weighted by atomic mass is 16.5. The Balaban J connectivity index is 1.28. The number of aliphatic hydroxyl groups is 1. The number of amides is 3. The molecule has 5 rings (SSSR count). The zero-order valence-electron chi connectivity index (χ0n) is 21.4. The molecule has 39 heavy (non-hydrogen) atoms. The first-order chi connectivity index (χ1) is 19.1. The van der Waals surface area contributed by atoms with Crippen LogP contribution in [0, 0.1) is 0 Å². The van der Waals surface area contributed by atoms with Gasteiger partial charge in [-0.3, -0.25) is 4.79 Å². The van der Waals surface area contributed by atoms with Crippen LogP contribution in [0.4, 0.5) is 22.0 Å². The molecule has 0 spiro atoms. The second kappa shape index (κ2) is 11.8. The summed E-state index contributed by atoms with van der Waals surface area (Å²) >= 11 is 0. The molecule has 1 aliphatic rings. The summed E-state index contributed by atoms with van der Waals surface area (Å²) < 4.78 is 7.24. The summed E-state index contributed by atoms with van der Waals surface area (Å²) in [6, 6.07) is 13.3. The summed E-state index contributed by atoms with van der Waals surface area (Å²) in [5, 5.41) is 25.5. The topological polar surface area (TPSA) is 159 Å². The van der Waals surface area contributed by atoms with Crippen LogP contribution in [-0.2, 0) is 11.3 Å². The van der Waals surface area contributed by atoms with E-state index >= 15 is 0 Å². The van der Waals surface area contributed by atoms with Crippen LogP contribution in [0.25, 0.3) is 22.6 Å². The van der Waals surface area contributed by atoms with Crippen molar-refractivity contribution in [3.05, 3.63) is 54.1 Å². The first kappa shape index (κ1) is 26.0. The fraction of sp³-hybridized carbons (Fsp3) is 0.308. The molecule has 4 N–H and O–H groups in total. The van der Waals surface area contributed by atoms with Gasteiger partial charge in [0.15, 0.2) is 22.8 Å². The highest BCUT2D eigenvalue weighted by molar-refractivity contribution is 6.00. The predicted octanol–water partition coefficient (Wildman–Crippen LogP) is 2.11. The van der Waals surface area contributed by atoms with E-state index in [0.717, 1.165) is 11.4 Å². The molecule has 202 valence electrons. The van der Waals surface area contributed by atoms with Gasteiger partial charge in [-0.2, -0.15) is 0 Å². The number of aliphatic hydroxyl groups excluding tert-OH is 1. The third-order valence-electron chi connectivity index (χ3n) is 6.16. The minimum Gasteiger partial charge on any atom is -0.395 e. The molecule has 2 aromatic heterocycles. The lowest BCUT2D eigenvalue weighted by Gasteiger charge is -2.27. The van der Waals surface area contributed by atoms with Crippen LogP contribution >= 0.6 is 0 Å². The quantitative estimate of drug-likeness (QED) is 0.267. The van der Waals surface area contributed by atoms with Gasteiger partial charge in [0.05, 0.1) is 19.8 Å². The SMILES string of the molecule is CCn1nnc2c(N3CCOCC3)nc(-c3ccc(NC(=O)Nc4ccc(C(=O)NCCO)cc4)cc3)nc21. The van der Waals surface area contributed by atoms with Crippen LogP contribution in [-0.4, -0.2) is 81.5 Å². The van der Waals surface area contributed by atoms with Crippen molar-refractivity contribution in [2.24, 2.45) is 0 Å². The Labute approximate surface area is 224 Å². The third-order valence-corrected chi connectivity index (χ3v) is 6.16. The van der Waals surface area contributed by atoms with Crippen molar-refractivity contribution in [2.75, 3.05) is 55.0 Å². The van der Waals surface area contributed by atoms with Gasteiger partial charge in [0.25, 0.3) is 5.91 Å². The number of aryl methyl sites for hydroxylation is 1. The zero-order chi connectivity index (χ0) is 27.2. The lowest BCUT2D eigenvalue weighted by molar-refractivity contribution is 0.0944. The largest absolute Gasteiger partial charge is 0.395 e. The monoisotopic (exact) mass is 531 g/mol. The highest BCUT2D eigenvalue weighted by Gasteiger charge is 2.21. The molecular formula is C26H29N9O4. The number of nitrogens with one attached hydrogen (secondary N) is 3. The van der Waals surface area contributed by atoms with Gasteiger partial charge >= 0.3 is 6.03 Å². The first-order valence-corrected chi connectivity index (χ1v) is 12.7. The van der Waals surface area contributed by atoms with E-state index in [1.807, 2.05) is 19.1 Å². The Kier molecular flexibility index (Phi) is 7.89. The van der Waals surface area contributed by atoms with Gasteiger partial charge in [-0.25, -0.2) is 19.4 Å². The number of rotatable bonds is 8. The minimum absolute atomic E-state index is 0.133. The summed E-state index contributed by atoms with van der Waals surface area (Å²) in [6.07, 6.45) is 0. The number of hydrogen-bond acceptors (Lipinski definition) is 9. The second-order valence-electron chi connectivity index (χ2n) is 8.76. The molecule has 1 aliphatic heterocycles. The van der Waals surface area contributed by atoms with E-state index in [0.29, 0.717) is 66.8 Å². The third kappa shape index (κ3) is 5.94.